The highest BCUT2D eigenvalue weighted by Gasteiger charge is 2.28. The second-order valence-corrected chi connectivity index (χ2v) is 10.9. The molecular weight excluding hydrogens is 485 g/mol. The second-order valence-electron chi connectivity index (χ2n) is 8.74. The maximum atomic E-state index is 11.0. The van der Waals surface area contributed by atoms with E-state index in [2.05, 4.69) is 34.9 Å². The molecule has 190 valence electrons. The molecule has 1 heterocycles. The summed E-state index contributed by atoms with van der Waals surface area (Å²) in [5.74, 6) is 0.824. The van der Waals surface area contributed by atoms with E-state index >= 15 is 0 Å². The van der Waals surface area contributed by atoms with Crippen LogP contribution in [0.25, 0.3) is 10.4 Å². The van der Waals surface area contributed by atoms with Crippen LogP contribution >= 0.6 is 19.2 Å². The molecule has 3 rings (SSSR count). The van der Waals surface area contributed by atoms with Crippen molar-refractivity contribution in [3.8, 4) is 16.2 Å². The molecule has 0 amide bonds. The summed E-state index contributed by atoms with van der Waals surface area (Å²) in [6.45, 7) is -0.240. The van der Waals surface area contributed by atoms with E-state index in [4.69, 9.17) is 20.3 Å². The van der Waals surface area contributed by atoms with Crippen LogP contribution in [-0.2, 0) is 21.9 Å². The number of hydrogen-bond donors (Lipinski definition) is 4. The Morgan fingerprint density at radius 2 is 1.74 bits per heavy atom. The molecule has 0 spiro atoms. The molecule has 0 saturated carbocycles. The predicted octanol–water partition coefficient (Wildman–Crippen LogP) is 4.94. The summed E-state index contributed by atoms with van der Waals surface area (Å²) in [5, 5.41) is 11.7. The van der Waals surface area contributed by atoms with Gasteiger partial charge < -0.3 is 25.4 Å². The third kappa shape index (κ3) is 9.50. The Balaban J connectivity index is 1.56. The molecule has 1 atom stereocenters. The van der Waals surface area contributed by atoms with Gasteiger partial charge in [0.2, 0.25) is 0 Å². The molecule has 0 radical (unpaired) electrons. The van der Waals surface area contributed by atoms with Gasteiger partial charge in [0, 0.05) is 10.4 Å². The van der Waals surface area contributed by atoms with Gasteiger partial charge in [-0.15, -0.1) is 11.3 Å². The van der Waals surface area contributed by atoms with E-state index in [1.807, 2.05) is 35.7 Å². The molecule has 0 bridgehead atoms. The number of aliphatic hydroxyl groups is 1. The van der Waals surface area contributed by atoms with E-state index in [-0.39, 0.29) is 0 Å². The monoisotopic (exact) mass is 519 g/mol. The minimum absolute atomic E-state index is 0.301. The van der Waals surface area contributed by atoms with Gasteiger partial charge in [-0.2, -0.15) is 0 Å². The van der Waals surface area contributed by atoms with Crippen molar-refractivity contribution < 1.29 is 28.7 Å². The Kier molecular flexibility index (Phi) is 10.5. The van der Waals surface area contributed by atoms with Gasteiger partial charge in [-0.05, 0) is 73.2 Å². The standard InChI is InChI=1S/C26H34NO6PS/c27-26(19-28,20-33-34(29,30)31)15-14-22-12-13-24(23(18-22)25-11-7-17-35-25)32-16-6-2-5-10-21-8-3-1-4-9-21/h1,3-4,7-9,11-13,17-18,28H,2,5-6,10,14-16,19-20,27H2,(H2,29,30,31). The summed E-state index contributed by atoms with van der Waals surface area (Å²) in [6, 6.07) is 20.5. The summed E-state index contributed by atoms with van der Waals surface area (Å²) in [4.78, 5) is 19.0. The minimum atomic E-state index is -4.66. The third-order valence-corrected chi connectivity index (χ3v) is 7.16. The fourth-order valence-electron chi connectivity index (χ4n) is 3.72. The van der Waals surface area contributed by atoms with Gasteiger partial charge in [0.15, 0.2) is 0 Å². The Labute approximate surface area is 210 Å². The number of benzene rings is 2. The molecule has 0 saturated heterocycles. The van der Waals surface area contributed by atoms with Crippen molar-refractivity contribution in [2.24, 2.45) is 5.73 Å². The summed E-state index contributed by atoms with van der Waals surface area (Å²) >= 11 is 1.63. The van der Waals surface area contributed by atoms with E-state index in [1.165, 1.54) is 5.56 Å². The second kappa shape index (κ2) is 13.3. The fourth-order valence-corrected chi connectivity index (χ4v) is 4.89. The average molecular weight is 520 g/mol. The van der Waals surface area contributed by atoms with Crippen LogP contribution in [0.5, 0.6) is 5.75 Å². The number of ether oxygens (including phenoxy) is 1. The molecule has 2 aromatic carbocycles. The Morgan fingerprint density at radius 1 is 0.943 bits per heavy atom. The van der Waals surface area contributed by atoms with Crippen molar-refractivity contribution in [2.75, 3.05) is 19.8 Å². The van der Waals surface area contributed by atoms with E-state index in [0.717, 1.165) is 47.4 Å². The minimum Gasteiger partial charge on any atom is -0.493 e. The van der Waals surface area contributed by atoms with Gasteiger partial charge in [0.1, 0.15) is 5.75 Å². The summed E-state index contributed by atoms with van der Waals surface area (Å²) < 4.78 is 21.7. The molecular formula is C26H34NO6PS. The van der Waals surface area contributed by atoms with Gasteiger partial charge in [-0.3, -0.25) is 4.52 Å². The predicted molar refractivity (Wildman–Crippen MR) is 140 cm³/mol. The molecule has 5 N–H and O–H groups in total. The van der Waals surface area contributed by atoms with Crippen molar-refractivity contribution >= 4 is 19.2 Å². The van der Waals surface area contributed by atoms with Crippen LogP contribution in [0.2, 0.25) is 0 Å². The SMILES string of the molecule is NC(CO)(CCc1ccc(OCCCCCc2ccccc2)c(-c2cccs2)c1)COP(=O)(O)O. The molecule has 3 aromatic rings. The Bertz CT molecular complexity index is 1070. The highest BCUT2D eigenvalue weighted by atomic mass is 32.1. The number of phosphoric ester groups is 1. The molecule has 1 unspecified atom stereocenters. The maximum absolute atomic E-state index is 11.0. The van der Waals surface area contributed by atoms with Crippen molar-refractivity contribution in [2.45, 2.75) is 44.1 Å². The zero-order valence-corrected chi connectivity index (χ0v) is 21.4. The Hall–Kier alpha value is -2.03. The van der Waals surface area contributed by atoms with Crippen LogP contribution in [0.15, 0.2) is 66.0 Å². The number of unbranched alkanes of at least 4 members (excludes halogenated alkanes) is 2. The summed E-state index contributed by atoms with van der Waals surface area (Å²) in [6.07, 6.45) is 5.09. The summed E-state index contributed by atoms with van der Waals surface area (Å²) in [5.41, 5.74) is 8.22. The molecule has 0 fully saturated rings. The lowest BCUT2D eigenvalue weighted by Gasteiger charge is -2.27. The van der Waals surface area contributed by atoms with Crippen molar-refractivity contribution in [1.29, 1.82) is 0 Å². The van der Waals surface area contributed by atoms with Crippen LogP contribution in [0.4, 0.5) is 0 Å². The van der Waals surface area contributed by atoms with E-state index in [0.29, 0.717) is 19.4 Å². The zero-order valence-electron chi connectivity index (χ0n) is 19.7. The number of aryl methyl sites for hydroxylation is 2. The quantitative estimate of drug-likeness (QED) is 0.166. The lowest BCUT2D eigenvalue weighted by Crippen LogP contribution is -2.48. The Morgan fingerprint density at radius 3 is 2.43 bits per heavy atom. The van der Waals surface area contributed by atoms with Crippen molar-refractivity contribution in [3.05, 3.63) is 77.2 Å². The van der Waals surface area contributed by atoms with Gasteiger partial charge in [0.25, 0.3) is 0 Å². The first-order chi connectivity index (χ1) is 16.8. The number of hydrogen-bond acceptors (Lipinski definition) is 6. The van der Waals surface area contributed by atoms with E-state index in [1.54, 1.807) is 11.3 Å². The van der Waals surface area contributed by atoms with E-state index in [9.17, 15) is 9.67 Å². The molecule has 9 heteroatoms. The number of thiophene rings is 1. The average Bonchev–Trinajstić information content (AvgIpc) is 3.39. The number of rotatable bonds is 15. The first-order valence-electron chi connectivity index (χ1n) is 11.7. The lowest BCUT2D eigenvalue weighted by atomic mass is 9.93. The van der Waals surface area contributed by atoms with Gasteiger partial charge >= 0.3 is 7.82 Å². The van der Waals surface area contributed by atoms with Gasteiger partial charge in [-0.25, -0.2) is 4.57 Å². The van der Waals surface area contributed by atoms with Crippen LogP contribution in [0.1, 0.15) is 36.8 Å². The molecule has 35 heavy (non-hydrogen) atoms. The molecule has 1 aromatic heterocycles. The number of nitrogens with two attached hydrogens (primary N) is 1. The van der Waals surface area contributed by atoms with Crippen LogP contribution in [0.3, 0.4) is 0 Å². The highest BCUT2D eigenvalue weighted by molar-refractivity contribution is 7.46. The number of aliphatic hydroxyl groups excluding tert-OH is 1. The van der Waals surface area contributed by atoms with Gasteiger partial charge in [-0.1, -0.05) is 42.5 Å². The normalized spacial score (nSPS) is 13.5. The third-order valence-electron chi connectivity index (χ3n) is 5.79. The molecule has 0 aliphatic rings. The number of phosphoric acid groups is 1. The zero-order chi connectivity index (χ0) is 25.2. The van der Waals surface area contributed by atoms with E-state index < -0.39 is 26.6 Å². The van der Waals surface area contributed by atoms with Crippen LogP contribution < -0.4 is 10.5 Å². The molecule has 0 aliphatic heterocycles. The summed E-state index contributed by atoms with van der Waals surface area (Å²) in [7, 11) is -4.66. The largest absolute Gasteiger partial charge is 0.493 e. The molecule has 0 aliphatic carbocycles. The topological polar surface area (TPSA) is 122 Å². The lowest BCUT2D eigenvalue weighted by molar-refractivity contribution is 0.102. The molecule has 7 nitrogen and oxygen atoms in total. The van der Waals surface area contributed by atoms with Gasteiger partial charge in [0.05, 0.1) is 25.4 Å². The first-order valence-corrected chi connectivity index (χ1v) is 14.1. The fraction of sp³-hybridized carbons (Fsp3) is 0.385. The maximum Gasteiger partial charge on any atom is 0.469 e. The van der Waals surface area contributed by atoms with Crippen molar-refractivity contribution in [3.63, 3.8) is 0 Å². The first kappa shape index (κ1) is 27.6. The van der Waals surface area contributed by atoms with Crippen LogP contribution in [-0.4, -0.2) is 40.3 Å². The highest BCUT2D eigenvalue weighted by Crippen LogP contribution is 2.37. The smallest absolute Gasteiger partial charge is 0.469 e. The van der Waals surface area contributed by atoms with Crippen molar-refractivity contribution in [1.82, 2.24) is 0 Å². The van der Waals surface area contributed by atoms with Crippen LogP contribution in [0, 0.1) is 0 Å².